The number of H-pyrrole nitrogens is 1. The van der Waals surface area contributed by atoms with Gasteiger partial charge in [-0.15, -0.1) is 0 Å². The molecule has 2 rings (SSSR count). The van der Waals surface area contributed by atoms with Crippen molar-refractivity contribution in [3.05, 3.63) is 34.2 Å². The molecule has 0 aliphatic heterocycles. The van der Waals surface area contributed by atoms with E-state index in [1.807, 2.05) is 24.3 Å². The lowest BCUT2D eigenvalue weighted by molar-refractivity contribution is 1.08. The van der Waals surface area contributed by atoms with Crippen LogP contribution in [0.1, 0.15) is 0 Å². The van der Waals surface area contributed by atoms with Crippen LogP contribution < -0.4 is 0 Å². The fourth-order valence-corrected chi connectivity index (χ4v) is 1.42. The summed E-state index contributed by atoms with van der Waals surface area (Å²) in [5.74, 6) is 0. The number of halogens is 1. The third-order valence-corrected chi connectivity index (χ3v) is 2.09. The maximum absolute atomic E-state index is 4.33. The molecule has 0 radical (unpaired) electrons. The van der Waals surface area contributed by atoms with Gasteiger partial charge in [-0.25, -0.2) is 4.98 Å². The van der Waals surface area contributed by atoms with E-state index in [1.54, 1.807) is 6.20 Å². The van der Waals surface area contributed by atoms with E-state index in [-0.39, 0.29) is 0 Å². The maximum atomic E-state index is 4.33. The Morgan fingerprint density at radius 3 is 2.83 bits per heavy atom. The van der Waals surface area contributed by atoms with Gasteiger partial charge in [0.15, 0.2) is 0 Å². The fraction of sp³-hybridized carbons (Fsp3) is 0. The minimum atomic E-state index is 0.930. The third-order valence-electron chi connectivity index (χ3n) is 1.49. The zero-order chi connectivity index (χ0) is 8.39. The number of nitrogens with one attached hydrogen (secondary N) is 1. The standard InChI is InChI=1S/C8H6IN3/c9-8-3-1-2-6(11-8)7-4-5-10-12-7/h1-5H,(H,10,12). The topological polar surface area (TPSA) is 41.6 Å². The molecular formula is C8H6IN3. The predicted octanol–water partition coefficient (Wildman–Crippen LogP) is 2.08. The van der Waals surface area contributed by atoms with Crippen LogP contribution in [0.25, 0.3) is 11.4 Å². The van der Waals surface area contributed by atoms with E-state index in [1.165, 1.54) is 0 Å². The molecule has 4 heteroatoms. The van der Waals surface area contributed by atoms with E-state index in [0.717, 1.165) is 15.1 Å². The summed E-state index contributed by atoms with van der Waals surface area (Å²) < 4.78 is 0.986. The van der Waals surface area contributed by atoms with Gasteiger partial charge in [0, 0.05) is 6.20 Å². The highest BCUT2D eigenvalue weighted by molar-refractivity contribution is 14.1. The van der Waals surface area contributed by atoms with Gasteiger partial charge in [-0.1, -0.05) is 6.07 Å². The molecule has 2 heterocycles. The van der Waals surface area contributed by atoms with Crippen LogP contribution in [-0.4, -0.2) is 15.2 Å². The van der Waals surface area contributed by atoms with Gasteiger partial charge in [-0.05, 0) is 40.8 Å². The first-order valence-electron chi connectivity index (χ1n) is 3.48. The number of aromatic amines is 1. The summed E-state index contributed by atoms with van der Waals surface area (Å²) in [5, 5.41) is 6.73. The van der Waals surface area contributed by atoms with Crippen LogP contribution in [0.5, 0.6) is 0 Å². The Morgan fingerprint density at radius 1 is 1.25 bits per heavy atom. The summed E-state index contributed by atoms with van der Waals surface area (Å²) in [4.78, 5) is 4.33. The first kappa shape index (κ1) is 7.72. The maximum Gasteiger partial charge on any atom is 0.102 e. The van der Waals surface area contributed by atoms with Crippen molar-refractivity contribution in [1.29, 1.82) is 0 Å². The van der Waals surface area contributed by atoms with Gasteiger partial charge in [0.25, 0.3) is 0 Å². The molecule has 0 amide bonds. The molecule has 1 N–H and O–H groups in total. The van der Waals surface area contributed by atoms with Crippen LogP contribution in [-0.2, 0) is 0 Å². The first-order chi connectivity index (χ1) is 5.86. The Labute approximate surface area is 83.4 Å². The summed E-state index contributed by atoms with van der Waals surface area (Å²) in [6.45, 7) is 0. The van der Waals surface area contributed by atoms with Gasteiger partial charge in [0.1, 0.15) is 3.70 Å². The Kier molecular flexibility index (Phi) is 2.07. The minimum Gasteiger partial charge on any atom is -0.276 e. The van der Waals surface area contributed by atoms with Crippen molar-refractivity contribution in [2.24, 2.45) is 0 Å². The number of aromatic nitrogens is 3. The van der Waals surface area contributed by atoms with E-state index < -0.39 is 0 Å². The molecule has 3 nitrogen and oxygen atoms in total. The van der Waals surface area contributed by atoms with Crippen molar-refractivity contribution < 1.29 is 0 Å². The highest BCUT2D eigenvalue weighted by Gasteiger charge is 1.98. The minimum absolute atomic E-state index is 0.930. The van der Waals surface area contributed by atoms with E-state index in [2.05, 4.69) is 37.8 Å². The monoisotopic (exact) mass is 271 g/mol. The van der Waals surface area contributed by atoms with E-state index >= 15 is 0 Å². The molecule has 2 aromatic rings. The summed E-state index contributed by atoms with van der Waals surface area (Å²) >= 11 is 2.18. The molecule has 0 saturated carbocycles. The molecule has 60 valence electrons. The van der Waals surface area contributed by atoms with Crippen LogP contribution in [0.2, 0.25) is 0 Å². The second-order valence-corrected chi connectivity index (χ2v) is 3.42. The molecule has 0 aromatic carbocycles. The molecule has 0 saturated heterocycles. The molecular weight excluding hydrogens is 265 g/mol. The van der Waals surface area contributed by atoms with Crippen LogP contribution in [0, 0.1) is 3.70 Å². The number of rotatable bonds is 1. The second kappa shape index (κ2) is 3.22. The normalized spacial score (nSPS) is 10.1. The Bertz CT molecular complexity index is 370. The van der Waals surface area contributed by atoms with Gasteiger partial charge in [0.2, 0.25) is 0 Å². The molecule has 0 bridgehead atoms. The molecule has 0 spiro atoms. The van der Waals surface area contributed by atoms with Crippen LogP contribution >= 0.6 is 22.6 Å². The van der Waals surface area contributed by atoms with Crippen molar-refractivity contribution in [3.8, 4) is 11.4 Å². The number of hydrogen-bond acceptors (Lipinski definition) is 2. The molecule has 12 heavy (non-hydrogen) atoms. The van der Waals surface area contributed by atoms with Crippen molar-refractivity contribution in [1.82, 2.24) is 15.2 Å². The van der Waals surface area contributed by atoms with Gasteiger partial charge in [0.05, 0.1) is 11.4 Å². The Morgan fingerprint density at radius 2 is 2.17 bits per heavy atom. The van der Waals surface area contributed by atoms with Crippen molar-refractivity contribution in [3.63, 3.8) is 0 Å². The lowest BCUT2D eigenvalue weighted by atomic mass is 10.3. The lowest BCUT2D eigenvalue weighted by Gasteiger charge is -1.95. The van der Waals surface area contributed by atoms with Crippen molar-refractivity contribution in [2.45, 2.75) is 0 Å². The van der Waals surface area contributed by atoms with Gasteiger partial charge in [-0.3, -0.25) is 5.10 Å². The summed E-state index contributed by atoms with van der Waals surface area (Å²) in [5.41, 5.74) is 1.88. The molecule has 0 aliphatic rings. The van der Waals surface area contributed by atoms with Crippen LogP contribution in [0.3, 0.4) is 0 Å². The van der Waals surface area contributed by atoms with E-state index in [4.69, 9.17) is 0 Å². The largest absolute Gasteiger partial charge is 0.276 e. The average molecular weight is 271 g/mol. The third kappa shape index (κ3) is 1.47. The predicted molar refractivity (Wildman–Crippen MR) is 54.5 cm³/mol. The zero-order valence-corrected chi connectivity index (χ0v) is 8.32. The smallest absolute Gasteiger partial charge is 0.102 e. The van der Waals surface area contributed by atoms with Gasteiger partial charge in [-0.2, -0.15) is 5.10 Å². The summed E-state index contributed by atoms with van der Waals surface area (Å²) in [6, 6.07) is 7.79. The van der Waals surface area contributed by atoms with Gasteiger partial charge < -0.3 is 0 Å². The number of hydrogen-bond donors (Lipinski definition) is 1. The highest BCUT2D eigenvalue weighted by Crippen LogP contribution is 2.13. The van der Waals surface area contributed by atoms with Crippen molar-refractivity contribution in [2.75, 3.05) is 0 Å². The number of nitrogens with zero attached hydrogens (tertiary/aromatic N) is 2. The average Bonchev–Trinajstić information content (AvgIpc) is 2.56. The fourth-order valence-electron chi connectivity index (χ4n) is 0.957. The van der Waals surface area contributed by atoms with Gasteiger partial charge >= 0.3 is 0 Å². The SMILES string of the molecule is Ic1cccc(-c2ccn[nH]2)n1. The van der Waals surface area contributed by atoms with Crippen LogP contribution in [0.15, 0.2) is 30.5 Å². The first-order valence-corrected chi connectivity index (χ1v) is 4.56. The Balaban J connectivity index is 2.48. The quantitative estimate of drug-likeness (QED) is 0.637. The zero-order valence-electron chi connectivity index (χ0n) is 6.16. The highest BCUT2D eigenvalue weighted by atomic mass is 127. The summed E-state index contributed by atoms with van der Waals surface area (Å²) in [6.07, 6.45) is 1.72. The second-order valence-electron chi connectivity index (χ2n) is 2.32. The molecule has 0 atom stereocenters. The molecule has 0 unspecified atom stereocenters. The van der Waals surface area contributed by atoms with E-state index in [0.29, 0.717) is 0 Å². The molecule has 0 fully saturated rings. The van der Waals surface area contributed by atoms with Crippen molar-refractivity contribution >= 4 is 22.6 Å². The Hall–Kier alpha value is -0.910. The molecule has 2 aromatic heterocycles. The molecule has 0 aliphatic carbocycles. The number of pyridine rings is 1. The van der Waals surface area contributed by atoms with Crippen LogP contribution in [0.4, 0.5) is 0 Å². The summed E-state index contributed by atoms with van der Waals surface area (Å²) in [7, 11) is 0. The lowest BCUT2D eigenvalue weighted by Crippen LogP contribution is -1.85. The van der Waals surface area contributed by atoms with E-state index in [9.17, 15) is 0 Å².